The SMILES string of the molecule is C[C@@H](Nc1cc(N2CCC([C@H]3CCCN(C4CC(C)(C(=O)O)C4)C3)CC2)nc2ncnn12)c1ccc(Cl)cc1Cl. The predicted molar refractivity (Wildman–Crippen MR) is 157 cm³/mol. The molecular weight excluding hydrogens is 549 g/mol. The molecule has 3 aromatic rings. The Hall–Kier alpha value is -2.62. The average Bonchev–Trinajstić information content (AvgIpc) is 3.40. The van der Waals surface area contributed by atoms with E-state index in [9.17, 15) is 9.90 Å². The zero-order chi connectivity index (χ0) is 28.0. The van der Waals surface area contributed by atoms with Crippen molar-refractivity contribution in [3.8, 4) is 0 Å². The molecule has 1 saturated carbocycles. The molecule has 9 nitrogen and oxygen atoms in total. The summed E-state index contributed by atoms with van der Waals surface area (Å²) in [7, 11) is 0. The lowest BCUT2D eigenvalue weighted by Gasteiger charge is -2.51. The van der Waals surface area contributed by atoms with E-state index >= 15 is 0 Å². The highest BCUT2D eigenvalue weighted by molar-refractivity contribution is 6.35. The molecule has 3 aliphatic rings. The highest BCUT2D eigenvalue weighted by Gasteiger charge is 2.49. The number of carbonyl (C=O) groups is 1. The minimum atomic E-state index is -0.649. The van der Waals surface area contributed by atoms with Crippen molar-refractivity contribution in [1.82, 2.24) is 24.5 Å². The Morgan fingerprint density at radius 1 is 1.12 bits per heavy atom. The van der Waals surface area contributed by atoms with Gasteiger partial charge in [0.1, 0.15) is 18.0 Å². The molecule has 0 spiro atoms. The maximum Gasteiger partial charge on any atom is 0.309 e. The average molecular weight is 587 g/mol. The van der Waals surface area contributed by atoms with Crippen LogP contribution in [0.4, 0.5) is 11.6 Å². The second-order valence-electron chi connectivity index (χ2n) is 12.2. The number of rotatable bonds is 7. The van der Waals surface area contributed by atoms with E-state index in [1.54, 1.807) is 10.6 Å². The Balaban J connectivity index is 1.10. The summed E-state index contributed by atoms with van der Waals surface area (Å²) in [6, 6.07) is 7.96. The third-order valence-corrected chi connectivity index (χ3v) is 10.0. The zero-order valence-corrected chi connectivity index (χ0v) is 24.6. The number of piperidine rings is 2. The van der Waals surface area contributed by atoms with Crippen LogP contribution in [0, 0.1) is 17.3 Å². The van der Waals surface area contributed by atoms with Crippen molar-refractivity contribution in [2.24, 2.45) is 17.3 Å². The number of nitrogens with zero attached hydrogens (tertiary/aromatic N) is 6. The fraction of sp³-hybridized carbons (Fsp3) is 0.586. The number of likely N-dealkylation sites (tertiary alicyclic amines) is 1. The lowest BCUT2D eigenvalue weighted by atomic mass is 9.65. The van der Waals surface area contributed by atoms with Gasteiger partial charge in [0, 0.05) is 41.8 Å². The van der Waals surface area contributed by atoms with E-state index in [-0.39, 0.29) is 6.04 Å². The molecule has 2 N–H and O–H groups in total. The standard InChI is InChI=1S/C29H37Cl2N7O2/c1-18(23-6-5-21(30)12-24(23)31)34-26-13-25(35-28-32-17-33-38(26)28)36-10-7-19(8-11-36)20-4-3-9-37(16-20)22-14-29(2,15-22)27(39)40/h5-6,12-13,17-20,22,34H,3-4,7-11,14-16H2,1-2H3,(H,39,40)/t18-,20+,22?,29?/m1/s1. The van der Waals surface area contributed by atoms with E-state index in [4.69, 9.17) is 28.2 Å². The van der Waals surface area contributed by atoms with Gasteiger partial charge in [-0.2, -0.15) is 19.6 Å². The predicted octanol–water partition coefficient (Wildman–Crippen LogP) is 5.79. The van der Waals surface area contributed by atoms with Gasteiger partial charge >= 0.3 is 5.97 Å². The van der Waals surface area contributed by atoms with Crippen LogP contribution in [0.15, 0.2) is 30.6 Å². The van der Waals surface area contributed by atoms with E-state index in [0.717, 1.165) is 69.1 Å². The number of halogens is 2. The summed E-state index contributed by atoms with van der Waals surface area (Å²) >= 11 is 12.6. The molecule has 2 saturated heterocycles. The number of aromatic nitrogens is 4. The molecule has 3 fully saturated rings. The van der Waals surface area contributed by atoms with Crippen molar-refractivity contribution in [1.29, 1.82) is 0 Å². The van der Waals surface area contributed by atoms with Crippen LogP contribution in [0.3, 0.4) is 0 Å². The van der Waals surface area contributed by atoms with Crippen LogP contribution >= 0.6 is 23.2 Å². The van der Waals surface area contributed by atoms with Crippen molar-refractivity contribution in [2.75, 3.05) is 36.4 Å². The van der Waals surface area contributed by atoms with Gasteiger partial charge in [-0.3, -0.25) is 4.79 Å². The number of carboxylic acids is 1. The number of nitrogens with one attached hydrogen (secondary N) is 1. The number of hydrogen-bond donors (Lipinski definition) is 2. The molecule has 2 aromatic heterocycles. The van der Waals surface area contributed by atoms with E-state index in [1.807, 2.05) is 19.1 Å². The molecule has 2 atom stereocenters. The van der Waals surface area contributed by atoms with Gasteiger partial charge in [-0.15, -0.1) is 0 Å². The van der Waals surface area contributed by atoms with E-state index in [1.165, 1.54) is 19.2 Å². The van der Waals surface area contributed by atoms with Gasteiger partial charge < -0.3 is 20.2 Å². The van der Waals surface area contributed by atoms with Crippen molar-refractivity contribution in [3.63, 3.8) is 0 Å². The first-order chi connectivity index (χ1) is 19.2. The molecule has 4 heterocycles. The molecular formula is C29H37Cl2N7O2. The third kappa shape index (κ3) is 5.35. The van der Waals surface area contributed by atoms with Crippen LogP contribution in [0.2, 0.25) is 10.0 Å². The number of carboxylic acid groups (broad SMARTS) is 1. The van der Waals surface area contributed by atoms with Crippen molar-refractivity contribution >= 4 is 46.6 Å². The van der Waals surface area contributed by atoms with Crippen molar-refractivity contribution in [2.45, 2.75) is 64.5 Å². The third-order valence-electron chi connectivity index (χ3n) is 9.46. The minimum Gasteiger partial charge on any atom is -0.481 e. The maximum atomic E-state index is 11.6. The van der Waals surface area contributed by atoms with Gasteiger partial charge in [0.2, 0.25) is 0 Å². The van der Waals surface area contributed by atoms with Gasteiger partial charge in [0.25, 0.3) is 5.78 Å². The van der Waals surface area contributed by atoms with Crippen LogP contribution in [-0.2, 0) is 4.79 Å². The molecule has 2 aliphatic heterocycles. The summed E-state index contributed by atoms with van der Waals surface area (Å²) in [5.74, 6) is 3.00. The van der Waals surface area contributed by atoms with Gasteiger partial charge in [0.05, 0.1) is 11.5 Å². The summed E-state index contributed by atoms with van der Waals surface area (Å²) in [6.07, 6.45) is 7.84. The lowest BCUT2D eigenvalue weighted by Crippen LogP contribution is -2.56. The zero-order valence-electron chi connectivity index (χ0n) is 23.1. The fourth-order valence-corrected chi connectivity index (χ4v) is 7.56. The highest BCUT2D eigenvalue weighted by Crippen LogP contribution is 2.45. The molecule has 11 heteroatoms. The Morgan fingerprint density at radius 2 is 1.90 bits per heavy atom. The normalized spacial score (nSPS) is 26.9. The first-order valence-electron chi connectivity index (χ1n) is 14.3. The quantitative estimate of drug-likeness (QED) is 0.359. The number of aliphatic carboxylic acids is 1. The largest absolute Gasteiger partial charge is 0.481 e. The summed E-state index contributed by atoms with van der Waals surface area (Å²) in [5.41, 5.74) is 0.420. The molecule has 0 bridgehead atoms. The highest BCUT2D eigenvalue weighted by atomic mass is 35.5. The van der Waals surface area contributed by atoms with Crippen molar-refractivity contribution < 1.29 is 9.90 Å². The van der Waals surface area contributed by atoms with E-state index in [0.29, 0.717) is 33.7 Å². The summed E-state index contributed by atoms with van der Waals surface area (Å²) in [6.45, 7) is 8.07. The molecule has 1 aliphatic carbocycles. The summed E-state index contributed by atoms with van der Waals surface area (Å²) < 4.78 is 1.73. The number of fused-ring (bicyclic) bond motifs is 1. The Kier molecular flexibility index (Phi) is 7.57. The van der Waals surface area contributed by atoms with E-state index in [2.05, 4.69) is 38.2 Å². The second-order valence-corrected chi connectivity index (χ2v) is 13.0. The molecule has 6 rings (SSSR count). The van der Waals surface area contributed by atoms with E-state index < -0.39 is 11.4 Å². The Morgan fingerprint density at radius 3 is 2.62 bits per heavy atom. The number of anilines is 2. The second kappa shape index (κ2) is 11.0. The van der Waals surface area contributed by atoms with Gasteiger partial charge in [0.15, 0.2) is 0 Å². The molecule has 40 heavy (non-hydrogen) atoms. The first-order valence-corrected chi connectivity index (χ1v) is 15.1. The lowest BCUT2D eigenvalue weighted by molar-refractivity contribution is -0.158. The Bertz CT molecular complexity index is 1380. The van der Waals surface area contributed by atoms with Gasteiger partial charge in [-0.25, -0.2) is 0 Å². The minimum absolute atomic E-state index is 0.0727. The summed E-state index contributed by atoms with van der Waals surface area (Å²) in [5, 5.41) is 18.7. The topological polar surface area (TPSA) is 98.9 Å². The molecule has 0 radical (unpaired) electrons. The molecule has 214 valence electrons. The number of hydrogen-bond acceptors (Lipinski definition) is 7. The smallest absolute Gasteiger partial charge is 0.309 e. The van der Waals surface area contributed by atoms with Crippen LogP contribution in [0.25, 0.3) is 5.78 Å². The van der Waals surface area contributed by atoms with Gasteiger partial charge in [-0.05, 0) is 88.4 Å². The van der Waals surface area contributed by atoms with Gasteiger partial charge in [-0.1, -0.05) is 29.3 Å². The monoisotopic (exact) mass is 585 g/mol. The number of benzene rings is 1. The summed E-state index contributed by atoms with van der Waals surface area (Å²) in [4.78, 5) is 25.7. The van der Waals surface area contributed by atoms with Crippen LogP contribution in [0.5, 0.6) is 0 Å². The van der Waals surface area contributed by atoms with Crippen molar-refractivity contribution in [3.05, 3.63) is 46.2 Å². The Labute approximate surface area is 244 Å². The fourth-order valence-electron chi connectivity index (χ4n) is 6.99. The van der Waals surface area contributed by atoms with Crippen LogP contribution in [0.1, 0.15) is 64.0 Å². The van der Waals surface area contributed by atoms with Crippen LogP contribution < -0.4 is 10.2 Å². The maximum absolute atomic E-state index is 11.6. The molecule has 1 aromatic carbocycles. The molecule has 0 amide bonds. The molecule has 0 unspecified atom stereocenters. The first kappa shape index (κ1) is 27.5. The van der Waals surface area contributed by atoms with Crippen LogP contribution in [-0.4, -0.2) is 67.8 Å².